The third-order valence-electron chi connectivity index (χ3n) is 5.67. The molecule has 1 amide bonds. The summed E-state index contributed by atoms with van der Waals surface area (Å²) in [6.45, 7) is 5.11. The Morgan fingerprint density at radius 2 is 2.17 bits per heavy atom. The molecule has 2 atom stereocenters. The van der Waals surface area contributed by atoms with Crippen LogP contribution >= 0.6 is 0 Å². The zero-order valence-corrected chi connectivity index (χ0v) is 17.1. The molecule has 7 nitrogen and oxygen atoms in total. The van der Waals surface area contributed by atoms with Crippen LogP contribution in [0.15, 0.2) is 30.5 Å². The van der Waals surface area contributed by atoms with Gasteiger partial charge in [-0.2, -0.15) is 0 Å². The van der Waals surface area contributed by atoms with Crippen LogP contribution in [-0.2, 0) is 17.8 Å². The number of methoxy groups -OCH3 is 1. The van der Waals surface area contributed by atoms with E-state index in [2.05, 4.69) is 10.3 Å². The molecule has 2 aliphatic rings. The first-order valence-electron chi connectivity index (χ1n) is 10.3. The van der Waals surface area contributed by atoms with Crippen LogP contribution in [0, 0.1) is 0 Å². The lowest BCUT2D eigenvalue weighted by Crippen LogP contribution is -2.44. The molecule has 154 valence electrons. The number of carbonyl (C=O) groups excluding carboxylic acids is 1. The summed E-state index contributed by atoms with van der Waals surface area (Å²) in [4.78, 5) is 24.4. The fourth-order valence-electron chi connectivity index (χ4n) is 3.97. The highest BCUT2D eigenvalue weighted by molar-refractivity contribution is 5.81. The highest BCUT2D eigenvalue weighted by Gasteiger charge is 2.30. The van der Waals surface area contributed by atoms with Gasteiger partial charge in [0.2, 0.25) is 0 Å². The van der Waals surface area contributed by atoms with Gasteiger partial charge in [0.1, 0.15) is 5.82 Å². The van der Waals surface area contributed by atoms with Gasteiger partial charge in [-0.1, -0.05) is 19.1 Å². The Balaban J connectivity index is 1.45. The Bertz CT molecular complexity index is 867. The highest BCUT2D eigenvalue weighted by Crippen LogP contribution is 2.28. The minimum atomic E-state index is -0.544. The van der Waals surface area contributed by atoms with Crippen LogP contribution < -0.4 is 14.8 Å². The zero-order chi connectivity index (χ0) is 20.2. The molecule has 4 rings (SSSR count). The lowest BCUT2D eigenvalue weighted by Gasteiger charge is -2.31. The van der Waals surface area contributed by atoms with Crippen molar-refractivity contribution in [3.05, 3.63) is 47.5 Å². The number of fused-ring (bicyclic) bond motifs is 1. The summed E-state index contributed by atoms with van der Waals surface area (Å²) in [5.74, 6) is 2.54. The molecule has 0 saturated carbocycles. The third-order valence-corrected chi connectivity index (χ3v) is 5.67. The van der Waals surface area contributed by atoms with Crippen LogP contribution in [0.3, 0.4) is 0 Å². The second-order valence-electron chi connectivity index (χ2n) is 7.57. The van der Waals surface area contributed by atoms with Crippen LogP contribution in [0.2, 0.25) is 0 Å². The van der Waals surface area contributed by atoms with Crippen molar-refractivity contribution in [3.8, 4) is 11.5 Å². The number of benzene rings is 1. The number of ether oxygens (including phenoxy) is 2. The van der Waals surface area contributed by atoms with Crippen LogP contribution in [0.25, 0.3) is 0 Å². The van der Waals surface area contributed by atoms with E-state index in [9.17, 15) is 4.79 Å². The lowest BCUT2D eigenvalue weighted by molar-refractivity contribution is -0.139. The van der Waals surface area contributed by atoms with Crippen LogP contribution in [-0.4, -0.2) is 53.6 Å². The Kier molecular flexibility index (Phi) is 5.94. The van der Waals surface area contributed by atoms with E-state index < -0.39 is 6.10 Å². The van der Waals surface area contributed by atoms with Crippen molar-refractivity contribution in [1.29, 1.82) is 0 Å². The number of carbonyl (C=O) groups is 1. The van der Waals surface area contributed by atoms with Gasteiger partial charge in [-0.3, -0.25) is 4.79 Å². The third kappa shape index (κ3) is 4.19. The SMILES string of the molecule is CC[C@H](Oc1ccccc1OC)C(=O)N1CCc2nc([C@@H]3CCNC3)ncc2C1. The largest absolute Gasteiger partial charge is 0.493 e. The Labute approximate surface area is 171 Å². The molecular weight excluding hydrogens is 368 g/mol. The standard InChI is InChI=1S/C22H28N4O3/c1-3-18(29-20-7-5-4-6-19(20)28-2)22(27)26-11-9-17-16(14-26)13-24-21(25-17)15-8-10-23-12-15/h4-7,13,15,18,23H,3,8-12,14H2,1-2H3/t15-,18+/m1/s1. The van der Waals surface area contributed by atoms with Gasteiger partial charge in [0, 0.05) is 43.7 Å². The number of para-hydroxylation sites is 2. The number of amides is 1. The zero-order valence-electron chi connectivity index (χ0n) is 17.1. The van der Waals surface area contributed by atoms with E-state index in [4.69, 9.17) is 14.5 Å². The molecule has 0 radical (unpaired) electrons. The quantitative estimate of drug-likeness (QED) is 0.808. The second-order valence-corrected chi connectivity index (χ2v) is 7.57. The molecule has 1 fully saturated rings. The summed E-state index contributed by atoms with van der Waals surface area (Å²) in [6, 6.07) is 7.42. The van der Waals surface area contributed by atoms with Crippen molar-refractivity contribution < 1.29 is 14.3 Å². The van der Waals surface area contributed by atoms with Gasteiger partial charge in [0.05, 0.1) is 12.8 Å². The second kappa shape index (κ2) is 8.78. The van der Waals surface area contributed by atoms with Crippen molar-refractivity contribution in [2.75, 3.05) is 26.7 Å². The van der Waals surface area contributed by atoms with Gasteiger partial charge >= 0.3 is 0 Å². The molecular formula is C22H28N4O3. The summed E-state index contributed by atoms with van der Waals surface area (Å²) >= 11 is 0. The smallest absolute Gasteiger partial charge is 0.263 e. The minimum Gasteiger partial charge on any atom is -0.493 e. The van der Waals surface area contributed by atoms with E-state index in [1.165, 1.54) is 0 Å². The first-order valence-corrected chi connectivity index (χ1v) is 10.3. The molecule has 3 heterocycles. The van der Waals surface area contributed by atoms with E-state index in [0.717, 1.165) is 43.0 Å². The number of nitrogens with one attached hydrogen (secondary N) is 1. The molecule has 1 aromatic carbocycles. The van der Waals surface area contributed by atoms with Crippen LogP contribution in [0.1, 0.15) is 42.8 Å². The molecule has 2 aliphatic heterocycles. The summed E-state index contributed by atoms with van der Waals surface area (Å²) in [6.07, 6.45) is 3.78. The maximum Gasteiger partial charge on any atom is 0.263 e. The van der Waals surface area contributed by atoms with Gasteiger partial charge in [-0.25, -0.2) is 9.97 Å². The maximum absolute atomic E-state index is 13.1. The maximum atomic E-state index is 13.1. The van der Waals surface area contributed by atoms with Gasteiger partial charge in [0.15, 0.2) is 17.6 Å². The number of rotatable bonds is 6. The molecule has 0 unspecified atom stereocenters. The van der Waals surface area contributed by atoms with E-state index in [1.54, 1.807) is 7.11 Å². The van der Waals surface area contributed by atoms with E-state index in [1.807, 2.05) is 42.3 Å². The fourth-order valence-corrected chi connectivity index (χ4v) is 3.97. The average Bonchev–Trinajstić information content (AvgIpc) is 3.31. The monoisotopic (exact) mass is 396 g/mol. The van der Waals surface area contributed by atoms with Crippen molar-refractivity contribution in [3.63, 3.8) is 0 Å². The predicted molar refractivity (Wildman–Crippen MR) is 109 cm³/mol. The Hall–Kier alpha value is -2.67. The summed E-state index contributed by atoms with van der Waals surface area (Å²) in [5.41, 5.74) is 2.11. The highest BCUT2D eigenvalue weighted by atomic mass is 16.5. The van der Waals surface area contributed by atoms with E-state index in [0.29, 0.717) is 36.9 Å². The van der Waals surface area contributed by atoms with Gasteiger partial charge in [-0.05, 0) is 31.5 Å². The minimum absolute atomic E-state index is 0.00637. The first kappa shape index (κ1) is 19.6. The Morgan fingerprint density at radius 3 is 2.90 bits per heavy atom. The number of hydrogen-bond donors (Lipinski definition) is 1. The summed E-state index contributed by atoms with van der Waals surface area (Å²) in [5, 5.41) is 3.36. The van der Waals surface area contributed by atoms with Crippen LogP contribution in [0.4, 0.5) is 0 Å². The van der Waals surface area contributed by atoms with Crippen molar-refractivity contribution in [2.24, 2.45) is 0 Å². The predicted octanol–water partition coefficient (Wildman–Crippen LogP) is 2.30. The van der Waals surface area contributed by atoms with E-state index >= 15 is 0 Å². The Morgan fingerprint density at radius 1 is 1.34 bits per heavy atom. The van der Waals surface area contributed by atoms with Gasteiger partial charge < -0.3 is 19.7 Å². The molecule has 0 spiro atoms. The molecule has 1 aromatic heterocycles. The fraction of sp³-hybridized carbons (Fsp3) is 0.500. The number of aromatic nitrogens is 2. The molecule has 2 aromatic rings. The lowest BCUT2D eigenvalue weighted by atomic mass is 10.0. The van der Waals surface area contributed by atoms with Gasteiger partial charge in [0.25, 0.3) is 5.91 Å². The topological polar surface area (TPSA) is 76.6 Å². The van der Waals surface area contributed by atoms with E-state index in [-0.39, 0.29) is 5.91 Å². The van der Waals surface area contributed by atoms with Crippen molar-refractivity contribution in [1.82, 2.24) is 20.2 Å². The average molecular weight is 396 g/mol. The summed E-state index contributed by atoms with van der Waals surface area (Å²) < 4.78 is 11.4. The summed E-state index contributed by atoms with van der Waals surface area (Å²) in [7, 11) is 1.60. The van der Waals surface area contributed by atoms with Gasteiger partial charge in [-0.15, -0.1) is 0 Å². The number of nitrogens with zero attached hydrogens (tertiary/aromatic N) is 3. The first-order chi connectivity index (χ1) is 14.2. The van der Waals surface area contributed by atoms with Crippen molar-refractivity contribution in [2.45, 2.75) is 44.8 Å². The number of hydrogen-bond acceptors (Lipinski definition) is 6. The molecule has 1 N–H and O–H groups in total. The molecule has 29 heavy (non-hydrogen) atoms. The normalized spacial score (nSPS) is 19.5. The molecule has 0 bridgehead atoms. The molecule has 7 heteroatoms. The van der Waals surface area contributed by atoms with Crippen molar-refractivity contribution >= 4 is 5.91 Å². The molecule has 1 saturated heterocycles. The van der Waals surface area contributed by atoms with Crippen LogP contribution in [0.5, 0.6) is 11.5 Å². The molecule has 0 aliphatic carbocycles.